The molecule has 0 fully saturated rings. The van der Waals surface area contributed by atoms with Gasteiger partial charge in [-0.1, -0.05) is 11.2 Å². The van der Waals surface area contributed by atoms with Crippen molar-refractivity contribution in [3.05, 3.63) is 46.7 Å². The first kappa shape index (κ1) is 15.4. The van der Waals surface area contributed by atoms with Crippen LogP contribution in [0.25, 0.3) is 33.4 Å². The maximum absolute atomic E-state index is 5.59. The number of rotatable bonds is 3. The first-order chi connectivity index (χ1) is 12.8. The van der Waals surface area contributed by atoms with Crippen molar-refractivity contribution >= 4 is 11.3 Å². The Hall–Kier alpha value is -2.84. The quantitative estimate of drug-likeness (QED) is 0.580. The van der Waals surface area contributed by atoms with Crippen LogP contribution >= 0.6 is 11.3 Å². The Bertz CT molecular complexity index is 1070. The molecular weight excluding hydrogens is 348 g/mol. The van der Waals surface area contributed by atoms with E-state index in [1.807, 2.05) is 30.6 Å². The molecule has 1 aliphatic heterocycles. The molecule has 2 N–H and O–H groups in total. The molecular formula is C18H16N6OS. The molecule has 0 aliphatic carbocycles. The highest BCUT2D eigenvalue weighted by Crippen LogP contribution is 2.34. The van der Waals surface area contributed by atoms with Gasteiger partial charge in [0.15, 0.2) is 0 Å². The molecule has 0 radical (unpaired) electrons. The third-order valence-corrected chi connectivity index (χ3v) is 5.51. The summed E-state index contributed by atoms with van der Waals surface area (Å²) in [6, 6.07) is 4.04. The lowest BCUT2D eigenvalue weighted by Gasteiger charge is -2.19. The molecule has 0 saturated carbocycles. The minimum absolute atomic E-state index is 0.461. The van der Waals surface area contributed by atoms with Crippen molar-refractivity contribution < 1.29 is 4.52 Å². The normalized spacial score (nSPS) is 13.7. The number of hydrogen-bond acceptors (Lipinski definition) is 7. The molecule has 5 rings (SSSR count). The van der Waals surface area contributed by atoms with E-state index in [9.17, 15) is 0 Å². The van der Waals surface area contributed by atoms with E-state index in [2.05, 4.69) is 30.6 Å². The van der Waals surface area contributed by atoms with Crippen molar-refractivity contribution in [3.63, 3.8) is 0 Å². The molecule has 4 aromatic rings. The molecule has 0 amide bonds. The van der Waals surface area contributed by atoms with Gasteiger partial charge in [-0.25, -0.2) is 0 Å². The largest absolute Gasteiger partial charge is 0.333 e. The minimum atomic E-state index is 0.461. The Balaban J connectivity index is 1.60. The Morgan fingerprint density at radius 2 is 2.23 bits per heavy atom. The molecule has 4 aromatic heterocycles. The van der Waals surface area contributed by atoms with E-state index >= 15 is 0 Å². The summed E-state index contributed by atoms with van der Waals surface area (Å²) in [5, 5.41) is 16.8. The van der Waals surface area contributed by atoms with Gasteiger partial charge in [0.2, 0.25) is 5.82 Å². The van der Waals surface area contributed by atoms with Crippen LogP contribution in [0.15, 0.2) is 34.4 Å². The second-order valence-electron chi connectivity index (χ2n) is 6.21. The number of aromatic nitrogens is 5. The van der Waals surface area contributed by atoms with E-state index in [0.717, 1.165) is 46.9 Å². The van der Waals surface area contributed by atoms with Crippen molar-refractivity contribution in [2.75, 3.05) is 6.54 Å². The highest BCUT2D eigenvalue weighted by molar-refractivity contribution is 7.13. The maximum Gasteiger partial charge on any atom is 0.262 e. The van der Waals surface area contributed by atoms with Crippen molar-refractivity contribution in [2.45, 2.75) is 19.9 Å². The number of aromatic amines is 1. The fourth-order valence-electron chi connectivity index (χ4n) is 3.36. The number of nitrogens with zero attached hydrogens (tertiary/aromatic N) is 4. The Labute approximate surface area is 153 Å². The highest BCUT2D eigenvalue weighted by atomic mass is 32.1. The highest BCUT2D eigenvalue weighted by Gasteiger charge is 2.23. The molecule has 0 atom stereocenters. The van der Waals surface area contributed by atoms with Crippen LogP contribution < -0.4 is 5.32 Å². The van der Waals surface area contributed by atoms with Crippen molar-refractivity contribution in [2.24, 2.45) is 0 Å². The van der Waals surface area contributed by atoms with Crippen LogP contribution in [0.2, 0.25) is 0 Å². The van der Waals surface area contributed by atoms with Crippen LogP contribution in [-0.2, 0) is 13.0 Å². The summed E-state index contributed by atoms with van der Waals surface area (Å²) in [6.45, 7) is 3.76. The number of pyridine rings is 1. The lowest BCUT2D eigenvalue weighted by molar-refractivity contribution is 0.432. The Kier molecular flexibility index (Phi) is 3.65. The van der Waals surface area contributed by atoms with Crippen LogP contribution in [0.3, 0.4) is 0 Å². The van der Waals surface area contributed by atoms with Crippen LogP contribution in [0, 0.1) is 6.92 Å². The zero-order chi connectivity index (χ0) is 17.5. The summed E-state index contributed by atoms with van der Waals surface area (Å²) in [5.74, 6) is 1.05. The van der Waals surface area contributed by atoms with Crippen LogP contribution in [0.4, 0.5) is 0 Å². The molecule has 0 aromatic carbocycles. The topological polar surface area (TPSA) is 92.5 Å². The SMILES string of the molecule is Cc1ncc2c(c1-c1noc(-c3cn[nH]c3-c3cccs3)n1)CCNC2. The third-order valence-electron chi connectivity index (χ3n) is 4.62. The predicted octanol–water partition coefficient (Wildman–Crippen LogP) is 3.20. The number of hydrogen-bond donors (Lipinski definition) is 2. The second-order valence-corrected chi connectivity index (χ2v) is 7.16. The summed E-state index contributed by atoms with van der Waals surface area (Å²) in [7, 11) is 0. The lowest BCUT2D eigenvalue weighted by Crippen LogP contribution is -2.24. The van der Waals surface area contributed by atoms with Gasteiger partial charge in [0, 0.05) is 24.0 Å². The van der Waals surface area contributed by atoms with Crippen LogP contribution in [-0.4, -0.2) is 31.9 Å². The molecule has 130 valence electrons. The van der Waals surface area contributed by atoms with Crippen LogP contribution in [0.5, 0.6) is 0 Å². The molecule has 0 bridgehead atoms. The van der Waals surface area contributed by atoms with Crippen molar-refractivity contribution in [3.8, 4) is 33.4 Å². The van der Waals surface area contributed by atoms with E-state index in [1.54, 1.807) is 17.5 Å². The Morgan fingerprint density at radius 3 is 3.12 bits per heavy atom. The first-order valence-electron chi connectivity index (χ1n) is 8.41. The zero-order valence-electron chi connectivity index (χ0n) is 14.1. The molecule has 7 nitrogen and oxygen atoms in total. The van der Waals surface area contributed by atoms with E-state index in [-0.39, 0.29) is 0 Å². The monoisotopic (exact) mass is 364 g/mol. The van der Waals surface area contributed by atoms with Gasteiger partial charge in [-0.2, -0.15) is 10.1 Å². The standard InChI is InChI=1S/C18H16N6OS/c1-10-15(12-4-5-19-7-11(12)8-20-10)17-22-18(25-24-17)13-9-21-23-16(13)14-3-2-6-26-14/h2-3,6,8-9,19H,4-5,7H2,1H3,(H,21,23). The lowest BCUT2D eigenvalue weighted by atomic mass is 9.95. The molecule has 0 unspecified atom stereocenters. The fourth-order valence-corrected chi connectivity index (χ4v) is 4.09. The van der Waals surface area contributed by atoms with Gasteiger partial charge < -0.3 is 9.84 Å². The summed E-state index contributed by atoms with van der Waals surface area (Å²) in [5.41, 5.74) is 6.07. The molecule has 0 saturated heterocycles. The van der Waals surface area contributed by atoms with Crippen molar-refractivity contribution in [1.82, 2.24) is 30.6 Å². The van der Waals surface area contributed by atoms with Gasteiger partial charge in [-0.05, 0) is 42.5 Å². The van der Waals surface area contributed by atoms with Gasteiger partial charge in [-0.15, -0.1) is 11.3 Å². The van der Waals surface area contributed by atoms with Gasteiger partial charge in [0.1, 0.15) is 0 Å². The van der Waals surface area contributed by atoms with Gasteiger partial charge >= 0.3 is 0 Å². The maximum atomic E-state index is 5.59. The number of nitrogens with one attached hydrogen (secondary N) is 2. The average Bonchev–Trinajstić information content (AvgIpc) is 3.41. The molecule has 26 heavy (non-hydrogen) atoms. The molecule has 1 aliphatic rings. The zero-order valence-corrected chi connectivity index (χ0v) is 14.9. The van der Waals surface area contributed by atoms with Gasteiger partial charge in [-0.3, -0.25) is 10.1 Å². The first-order valence-corrected chi connectivity index (χ1v) is 9.29. The smallest absolute Gasteiger partial charge is 0.262 e. The molecule has 0 spiro atoms. The van der Waals surface area contributed by atoms with E-state index in [0.29, 0.717) is 11.7 Å². The average molecular weight is 364 g/mol. The van der Waals surface area contributed by atoms with Gasteiger partial charge in [0.25, 0.3) is 5.89 Å². The van der Waals surface area contributed by atoms with Crippen molar-refractivity contribution in [1.29, 1.82) is 0 Å². The fraction of sp³-hybridized carbons (Fsp3) is 0.222. The predicted molar refractivity (Wildman–Crippen MR) is 98.6 cm³/mol. The summed E-state index contributed by atoms with van der Waals surface area (Å²) < 4.78 is 5.59. The summed E-state index contributed by atoms with van der Waals surface area (Å²) >= 11 is 1.64. The third kappa shape index (κ3) is 2.46. The number of H-pyrrole nitrogens is 1. The number of aryl methyl sites for hydroxylation is 1. The van der Waals surface area contributed by atoms with Crippen LogP contribution in [0.1, 0.15) is 16.8 Å². The summed E-state index contributed by atoms with van der Waals surface area (Å²) in [6.07, 6.45) is 4.60. The number of fused-ring (bicyclic) bond motifs is 1. The molecule has 8 heteroatoms. The second kappa shape index (κ2) is 6.15. The van der Waals surface area contributed by atoms with E-state index in [1.165, 1.54) is 11.1 Å². The minimum Gasteiger partial charge on any atom is -0.333 e. The van der Waals surface area contributed by atoms with E-state index in [4.69, 9.17) is 4.52 Å². The number of thiophene rings is 1. The van der Waals surface area contributed by atoms with E-state index < -0.39 is 0 Å². The van der Waals surface area contributed by atoms with Gasteiger partial charge in [0.05, 0.1) is 22.3 Å². The Morgan fingerprint density at radius 1 is 1.27 bits per heavy atom. The molecule has 5 heterocycles. The summed E-state index contributed by atoms with van der Waals surface area (Å²) in [4.78, 5) is 10.3.